The fourth-order valence-electron chi connectivity index (χ4n) is 16.0. The second kappa shape index (κ2) is 14.9. The minimum atomic E-state index is -4.40. The van der Waals surface area contributed by atoms with Gasteiger partial charge in [0.2, 0.25) is 11.8 Å². The fourth-order valence-corrected chi connectivity index (χ4v) is 16.0. The number of aromatic nitrogens is 2. The molecule has 6 atom stereocenters. The van der Waals surface area contributed by atoms with Gasteiger partial charge in [0.05, 0.1) is 34.2 Å². The zero-order chi connectivity index (χ0) is 44.6. The highest BCUT2D eigenvalue weighted by Crippen LogP contribution is 2.61. The molecule has 0 radical (unpaired) electrons. The van der Waals surface area contributed by atoms with Crippen LogP contribution in [0, 0.1) is 46.3 Å². The van der Waals surface area contributed by atoms with E-state index >= 15 is 0 Å². The van der Waals surface area contributed by atoms with Gasteiger partial charge in [0, 0.05) is 62.7 Å². The molecule has 8 aliphatic carbocycles. The van der Waals surface area contributed by atoms with Gasteiger partial charge in [-0.2, -0.15) is 26.3 Å². The number of pyridine rings is 2. The SMILES string of the molecule is O=C1N(C23CC4CC(C2)C(O)C(C4)C3)CCC12CCCN(c1ccc(C(F)(F)F)cn1)C2.O=C1N(C23CC4CC(C2)C(O)C(C4)C3)CCC12CCCN(c1ccc(C(F)(F)F)cn1)C2. The van der Waals surface area contributed by atoms with Gasteiger partial charge in [0.25, 0.3) is 0 Å². The normalized spacial score (nSPS) is 41.2. The number of nitrogens with zero attached hydrogens (tertiary/aromatic N) is 6. The average Bonchev–Trinajstić information content (AvgIpc) is 3.75. The van der Waals surface area contributed by atoms with E-state index in [1.807, 2.05) is 9.80 Å². The maximum Gasteiger partial charge on any atom is 0.417 e. The molecule has 2 N–H and O–H groups in total. The molecule has 6 unspecified atom stereocenters. The van der Waals surface area contributed by atoms with Crippen LogP contribution in [0.25, 0.3) is 0 Å². The van der Waals surface area contributed by atoms with Crippen molar-refractivity contribution in [3.63, 3.8) is 0 Å². The van der Waals surface area contributed by atoms with Gasteiger partial charge in [-0.3, -0.25) is 9.59 Å². The minimum Gasteiger partial charge on any atom is -0.393 e. The van der Waals surface area contributed by atoms with Crippen LogP contribution in [0.3, 0.4) is 0 Å². The van der Waals surface area contributed by atoms with Crippen LogP contribution in [0.15, 0.2) is 36.7 Å². The first-order valence-corrected chi connectivity index (χ1v) is 24.0. The summed E-state index contributed by atoms with van der Waals surface area (Å²) in [4.78, 5) is 44.3. The lowest BCUT2D eigenvalue weighted by molar-refractivity contribution is -0.168. The van der Waals surface area contributed by atoms with Gasteiger partial charge in [-0.1, -0.05) is 0 Å². The van der Waals surface area contributed by atoms with Crippen molar-refractivity contribution in [2.45, 2.75) is 138 Å². The molecule has 12 aliphatic rings. The number of likely N-dealkylation sites (tertiary alicyclic amines) is 2. The monoisotopic (exact) mass is 898 g/mol. The molecular formula is C48H60F6N6O4. The maximum absolute atomic E-state index is 13.9. The number of carbonyl (C=O) groups excluding carboxylic acids is 2. The zero-order valence-corrected chi connectivity index (χ0v) is 36.3. The van der Waals surface area contributed by atoms with Gasteiger partial charge in [-0.25, -0.2) is 9.97 Å². The summed E-state index contributed by atoms with van der Waals surface area (Å²) in [7, 11) is 0. The first-order valence-electron chi connectivity index (χ1n) is 24.0. The molecule has 348 valence electrons. The molecule has 4 saturated heterocycles. The summed E-state index contributed by atoms with van der Waals surface area (Å²) in [6, 6.07) is 5.01. The molecule has 2 aromatic rings. The predicted molar refractivity (Wildman–Crippen MR) is 223 cm³/mol. The van der Waals surface area contributed by atoms with Crippen molar-refractivity contribution in [1.29, 1.82) is 0 Å². The van der Waals surface area contributed by atoms with E-state index in [1.54, 1.807) is 0 Å². The first kappa shape index (κ1) is 42.9. The molecule has 12 fully saturated rings. The number of hydrogen-bond donors (Lipinski definition) is 2. The third-order valence-electron chi connectivity index (χ3n) is 18.5. The van der Waals surface area contributed by atoms with Crippen LogP contribution >= 0.6 is 0 Å². The topological polar surface area (TPSA) is 113 Å². The molecule has 6 heterocycles. The highest BCUT2D eigenvalue weighted by atomic mass is 19.4. The molecule has 4 aliphatic heterocycles. The average molecular weight is 899 g/mol. The smallest absolute Gasteiger partial charge is 0.393 e. The second-order valence-corrected chi connectivity index (χ2v) is 22.2. The highest BCUT2D eigenvalue weighted by Gasteiger charge is 2.64. The van der Waals surface area contributed by atoms with Crippen molar-refractivity contribution in [3.05, 3.63) is 47.8 Å². The molecule has 2 aromatic heterocycles. The molecule has 64 heavy (non-hydrogen) atoms. The molecule has 2 spiro atoms. The van der Waals surface area contributed by atoms with Crippen molar-refractivity contribution in [1.82, 2.24) is 19.8 Å². The predicted octanol–water partition coefficient (Wildman–Crippen LogP) is 7.72. The summed E-state index contributed by atoms with van der Waals surface area (Å²) < 4.78 is 77.5. The molecular weight excluding hydrogens is 839 g/mol. The summed E-state index contributed by atoms with van der Waals surface area (Å²) in [6.45, 7) is 3.98. The van der Waals surface area contributed by atoms with Gasteiger partial charge < -0.3 is 29.8 Å². The Bertz CT molecular complexity index is 1960. The van der Waals surface area contributed by atoms with Crippen molar-refractivity contribution in [3.8, 4) is 0 Å². The molecule has 8 bridgehead atoms. The number of alkyl halides is 6. The van der Waals surface area contributed by atoms with Gasteiger partial charge in [0.1, 0.15) is 11.6 Å². The Morgan fingerprint density at radius 2 is 0.906 bits per heavy atom. The number of aliphatic hydroxyl groups is 2. The van der Waals surface area contributed by atoms with Crippen LogP contribution in [-0.4, -0.2) is 104 Å². The van der Waals surface area contributed by atoms with E-state index < -0.39 is 34.3 Å². The Balaban J connectivity index is 0.000000143. The Morgan fingerprint density at radius 1 is 0.531 bits per heavy atom. The lowest BCUT2D eigenvalue weighted by Gasteiger charge is -2.61. The fraction of sp³-hybridized carbons (Fsp3) is 0.750. The Labute approximate surface area is 370 Å². The number of piperidine rings is 2. The highest BCUT2D eigenvalue weighted by molar-refractivity contribution is 5.87. The molecule has 10 nitrogen and oxygen atoms in total. The first-order chi connectivity index (χ1) is 30.4. The van der Waals surface area contributed by atoms with Crippen molar-refractivity contribution in [2.75, 3.05) is 49.1 Å². The van der Waals surface area contributed by atoms with Crippen molar-refractivity contribution in [2.24, 2.45) is 46.3 Å². The minimum absolute atomic E-state index is 0.0921. The van der Waals surface area contributed by atoms with Crippen LogP contribution in [0.5, 0.6) is 0 Å². The van der Waals surface area contributed by atoms with E-state index in [4.69, 9.17) is 0 Å². The summed E-state index contributed by atoms with van der Waals surface area (Å²) in [6.07, 6.45) is 7.71. The van der Waals surface area contributed by atoms with E-state index in [0.717, 1.165) is 140 Å². The van der Waals surface area contributed by atoms with Crippen LogP contribution in [-0.2, 0) is 21.9 Å². The van der Waals surface area contributed by atoms with Crippen molar-refractivity contribution >= 4 is 23.5 Å². The van der Waals surface area contributed by atoms with Crippen LogP contribution in [0.1, 0.15) is 114 Å². The largest absolute Gasteiger partial charge is 0.417 e. The molecule has 2 amide bonds. The third kappa shape index (κ3) is 6.93. The molecule has 14 rings (SSSR count). The summed E-state index contributed by atoms with van der Waals surface area (Å²) in [5.41, 5.74) is -2.62. The van der Waals surface area contributed by atoms with Crippen LogP contribution < -0.4 is 9.80 Å². The number of amides is 2. The number of halogens is 6. The number of carbonyl (C=O) groups is 2. The van der Waals surface area contributed by atoms with Crippen molar-refractivity contribution < 1.29 is 46.1 Å². The summed E-state index contributed by atoms with van der Waals surface area (Å²) in [5.74, 6) is 4.03. The van der Waals surface area contributed by atoms with E-state index in [2.05, 4.69) is 19.8 Å². The number of anilines is 2. The Kier molecular flexibility index (Phi) is 10.0. The number of rotatable bonds is 4. The standard InChI is InChI=1S/2C24H30F3N3O2/c2*25-24(26,27)18-2-3-19(28-13-18)29-6-1-4-22(14-29)5-7-30(21(22)32)23-10-15-8-16(11-23)20(31)17(9-15)12-23/h2*2-3,13,15-17,20,31H,1,4-12,14H2. The lowest BCUT2D eigenvalue weighted by Crippen LogP contribution is -2.65. The van der Waals surface area contributed by atoms with Gasteiger partial charge >= 0.3 is 12.4 Å². The van der Waals surface area contributed by atoms with Gasteiger partial charge in [-0.15, -0.1) is 0 Å². The quantitative estimate of drug-likeness (QED) is 0.301. The lowest BCUT2D eigenvalue weighted by atomic mass is 9.51. The van der Waals surface area contributed by atoms with Gasteiger partial charge in [-0.05, 0) is 163 Å². The summed E-state index contributed by atoms with van der Waals surface area (Å²) >= 11 is 0. The van der Waals surface area contributed by atoms with Crippen LogP contribution in [0.4, 0.5) is 38.0 Å². The van der Waals surface area contributed by atoms with E-state index in [9.17, 15) is 46.1 Å². The Morgan fingerprint density at radius 3 is 1.23 bits per heavy atom. The summed E-state index contributed by atoms with van der Waals surface area (Å²) in [5, 5.41) is 21.3. The third-order valence-corrected chi connectivity index (χ3v) is 18.5. The van der Waals surface area contributed by atoms with Crippen LogP contribution in [0.2, 0.25) is 0 Å². The Hall–Kier alpha value is -3.66. The van der Waals surface area contributed by atoms with Gasteiger partial charge in [0.15, 0.2) is 0 Å². The molecule has 0 aromatic carbocycles. The van der Waals surface area contributed by atoms with E-state index in [-0.39, 0.29) is 35.1 Å². The maximum atomic E-state index is 13.9. The molecule has 16 heteroatoms. The van der Waals surface area contributed by atoms with E-state index in [0.29, 0.717) is 73.3 Å². The molecule has 8 saturated carbocycles. The number of hydrogen-bond acceptors (Lipinski definition) is 8. The number of aliphatic hydroxyl groups excluding tert-OH is 2. The zero-order valence-electron chi connectivity index (χ0n) is 36.3. The van der Waals surface area contributed by atoms with E-state index in [1.165, 1.54) is 12.1 Å². The second-order valence-electron chi connectivity index (χ2n) is 22.2.